The van der Waals surface area contributed by atoms with Gasteiger partial charge in [-0.2, -0.15) is 0 Å². The Balaban J connectivity index is 1.61. The summed E-state index contributed by atoms with van der Waals surface area (Å²) in [6.07, 6.45) is 9.54. The molecule has 27 heavy (non-hydrogen) atoms. The molecule has 0 aliphatic rings. The van der Waals surface area contributed by atoms with Crippen molar-refractivity contribution in [2.24, 2.45) is 0 Å². The highest BCUT2D eigenvalue weighted by Crippen LogP contribution is 2.28. The van der Waals surface area contributed by atoms with Gasteiger partial charge in [0, 0.05) is 24.8 Å². The summed E-state index contributed by atoms with van der Waals surface area (Å²) in [4.78, 5) is 8.40. The number of hydrogen-bond donors (Lipinski definition) is 0. The van der Waals surface area contributed by atoms with Crippen molar-refractivity contribution in [2.75, 3.05) is 0 Å². The summed E-state index contributed by atoms with van der Waals surface area (Å²) in [6, 6.07) is 25.4. The molecule has 0 aliphatic carbocycles. The number of pyridine rings is 2. The van der Waals surface area contributed by atoms with Crippen molar-refractivity contribution in [3.8, 4) is 22.3 Å². The fourth-order valence-electron chi connectivity index (χ4n) is 3.25. The van der Waals surface area contributed by atoms with Gasteiger partial charge in [-0.05, 0) is 58.0 Å². The van der Waals surface area contributed by atoms with Crippen molar-refractivity contribution < 1.29 is 0 Å². The van der Waals surface area contributed by atoms with E-state index in [1.165, 1.54) is 27.8 Å². The van der Waals surface area contributed by atoms with Gasteiger partial charge in [0.1, 0.15) is 0 Å². The second kappa shape index (κ2) is 7.79. The smallest absolute Gasteiger partial charge is 0.0346 e. The second-order valence-corrected chi connectivity index (χ2v) is 6.34. The molecule has 4 aromatic rings. The van der Waals surface area contributed by atoms with E-state index in [2.05, 4.69) is 83.6 Å². The minimum absolute atomic E-state index is 1.13. The highest BCUT2D eigenvalue weighted by Gasteiger charge is 2.06. The molecule has 130 valence electrons. The van der Waals surface area contributed by atoms with Crippen molar-refractivity contribution in [3.05, 3.63) is 115 Å². The Labute approximate surface area is 159 Å². The van der Waals surface area contributed by atoms with E-state index >= 15 is 0 Å². The molecule has 4 rings (SSSR count). The van der Waals surface area contributed by atoms with E-state index in [0.29, 0.717) is 0 Å². The Hall–Kier alpha value is -3.52. The number of nitrogens with zero attached hydrogens (tertiary/aromatic N) is 2. The molecular weight excluding hydrogens is 328 g/mol. The first kappa shape index (κ1) is 16.9. The summed E-state index contributed by atoms with van der Waals surface area (Å²) in [5, 5.41) is 0. The zero-order valence-corrected chi connectivity index (χ0v) is 15.2. The van der Waals surface area contributed by atoms with E-state index in [0.717, 1.165) is 11.1 Å². The first-order chi connectivity index (χ1) is 13.3. The van der Waals surface area contributed by atoms with Crippen molar-refractivity contribution in [1.82, 2.24) is 9.97 Å². The van der Waals surface area contributed by atoms with Crippen LogP contribution in [0.1, 0.15) is 18.1 Å². The van der Waals surface area contributed by atoms with Crippen LogP contribution in [0.15, 0.2) is 104 Å². The van der Waals surface area contributed by atoms with Gasteiger partial charge in [0.2, 0.25) is 0 Å². The maximum Gasteiger partial charge on any atom is 0.0346 e. The topological polar surface area (TPSA) is 25.8 Å². The fraction of sp³-hybridized carbons (Fsp3) is 0.0400. The van der Waals surface area contributed by atoms with Gasteiger partial charge in [0.25, 0.3) is 0 Å². The summed E-state index contributed by atoms with van der Waals surface area (Å²) in [5.74, 6) is 0. The Morgan fingerprint density at radius 1 is 0.593 bits per heavy atom. The number of rotatable bonds is 4. The zero-order valence-electron chi connectivity index (χ0n) is 15.2. The Morgan fingerprint density at radius 2 is 1.04 bits per heavy atom. The lowest BCUT2D eigenvalue weighted by Crippen LogP contribution is -1.89. The summed E-state index contributed by atoms with van der Waals surface area (Å²) in [7, 11) is 0. The number of aromatic nitrogens is 2. The predicted molar refractivity (Wildman–Crippen MR) is 112 cm³/mol. The molecule has 0 fully saturated rings. The minimum Gasteiger partial charge on any atom is -0.264 e. The fourth-order valence-corrected chi connectivity index (χ4v) is 3.25. The molecule has 0 atom stereocenters. The molecule has 0 bridgehead atoms. The Bertz CT molecular complexity index is 948. The minimum atomic E-state index is 1.13. The lowest BCUT2D eigenvalue weighted by molar-refractivity contribution is 1.33. The molecule has 0 radical (unpaired) electrons. The van der Waals surface area contributed by atoms with E-state index in [1.54, 1.807) is 12.4 Å². The second-order valence-electron chi connectivity index (χ2n) is 6.34. The first-order valence-corrected chi connectivity index (χ1v) is 9.03. The predicted octanol–water partition coefficient (Wildman–Crippen LogP) is 6.26. The molecule has 0 unspecified atom stereocenters. The quantitative estimate of drug-likeness (QED) is 0.435. The normalized spacial score (nSPS) is 10.4. The van der Waals surface area contributed by atoms with Crippen LogP contribution in [0.25, 0.3) is 27.8 Å². The number of benzene rings is 2. The molecule has 2 aromatic heterocycles. The molecule has 2 nitrogen and oxygen atoms in total. The maximum atomic E-state index is 4.20. The standard InChI is InChI=1S/C25H20N2/c1-2-25(21-11-7-19(8-12-21)23-5-3-15-26-17-23)22-13-9-20(10-14-22)24-6-4-16-27-18-24/h2-18H,1H3. The van der Waals surface area contributed by atoms with Crippen LogP contribution in [0.4, 0.5) is 0 Å². The summed E-state index contributed by atoms with van der Waals surface area (Å²) >= 11 is 0. The zero-order chi connectivity index (χ0) is 18.5. The van der Waals surface area contributed by atoms with Crippen LogP contribution in [0.3, 0.4) is 0 Å². The highest BCUT2D eigenvalue weighted by molar-refractivity contribution is 5.81. The lowest BCUT2D eigenvalue weighted by Gasteiger charge is -2.10. The van der Waals surface area contributed by atoms with Gasteiger partial charge in [-0.15, -0.1) is 0 Å². The van der Waals surface area contributed by atoms with Crippen LogP contribution in [0.2, 0.25) is 0 Å². The molecule has 0 saturated carbocycles. The third kappa shape index (κ3) is 3.70. The summed E-state index contributed by atoms with van der Waals surface area (Å²) in [6.45, 7) is 2.08. The Kier molecular flexibility index (Phi) is 4.88. The van der Waals surface area contributed by atoms with Gasteiger partial charge in [-0.3, -0.25) is 9.97 Å². The van der Waals surface area contributed by atoms with Gasteiger partial charge in [-0.25, -0.2) is 0 Å². The number of hydrogen-bond acceptors (Lipinski definition) is 2. The molecule has 0 N–H and O–H groups in total. The molecule has 0 aliphatic heterocycles. The van der Waals surface area contributed by atoms with Gasteiger partial charge in [0.05, 0.1) is 0 Å². The summed E-state index contributed by atoms with van der Waals surface area (Å²) < 4.78 is 0. The van der Waals surface area contributed by atoms with Gasteiger partial charge in [-0.1, -0.05) is 66.7 Å². The van der Waals surface area contributed by atoms with Gasteiger partial charge >= 0.3 is 0 Å². The van der Waals surface area contributed by atoms with Crippen LogP contribution in [-0.4, -0.2) is 9.97 Å². The van der Waals surface area contributed by atoms with Crippen LogP contribution in [-0.2, 0) is 0 Å². The van der Waals surface area contributed by atoms with Crippen LogP contribution < -0.4 is 0 Å². The highest BCUT2D eigenvalue weighted by atomic mass is 14.6. The van der Waals surface area contributed by atoms with Crippen molar-refractivity contribution in [1.29, 1.82) is 0 Å². The van der Waals surface area contributed by atoms with E-state index in [9.17, 15) is 0 Å². The molecule has 2 aromatic carbocycles. The van der Waals surface area contributed by atoms with E-state index in [1.807, 2.05) is 24.5 Å². The lowest BCUT2D eigenvalue weighted by atomic mass is 9.94. The van der Waals surface area contributed by atoms with Gasteiger partial charge < -0.3 is 0 Å². The van der Waals surface area contributed by atoms with E-state index in [4.69, 9.17) is 0 Å². The van der Waals surface area contributed by atoms with E-state index in [-0.39, 0.29) is 0 Å². The average Bonchev–Trinajstić information content (AvgIpc) is 2.76. The maximum absolute atomic E-state index is 4.20. The van der Waals surface area contributed by atoms with Crippen molar-refractivity contribution in [2.45, 2.75) is 6.92 Å². The monoisotopic (exact) mass is 348 g/mol. The SMILES string of the molecule is CC=C(c1ccc(-c2cccnc2)cc1)c1ccc(-c2cccnc2)cc1. The third-order valence-corrected chi connectivity index (χ3v) is 4.67. The third-order valence-electron chi connectivity index (χ3n) is 4.67. The largest absolute Gasteiger partial charge is 0.264 e. The first-order valence-electron chi connectivity index (χ1n) is 9.03. The molecule has 2 heterocycles. The Morgan fingerprint density at radius 3 is 1.37 bits per heavy atom. The molecular formula is C25H20N2. The number of allylic oxidation sites excluding steroid dienone is 1. The van der Waals surface area contributed by atoms with E-state index < -0.39 is 0 Å². The summed E-state index contributed by atoms with van der Waals surface area (Å²) in [5.41, 5.74) is 8.26. The van der Waals surface area contributed by atoms with Gasteiger partial charge in [0.15, 0.2) is 0 Å². The van der Waals surface area contributed by atoms with Crippen LogP contribution in [0, 0.1) is 0 Å². The molecule has 0 spiro atoms. The van der Waals surface area contributed by atoms with Crippen LogP contribution >= 0.6 is 0 Å². The van der Waals surface area contributed by atoms with Crippen molar-refractivity contribution in [3.63, 3.8) is 0 Å². The molecule has 0 saturated heterocycles. The molecule has 2 heteroatoms. The van der Waals surface area contributed by atoms with Crippen LogP contribution in [0.5, 0.6) is 0 Å². The average molecular weight is 348 g/mol. The van der Waals surface area contributed by atoms with Crippen molar-refractivity contribution >= 4 is 5.57 Å². The molecule has 0 amide bonds.